The second-order valence-electron chi connectivity index (χ2n) is 19.0. The molecule has 2 saturated heterocycles. The number of rotatable bonds is 10. The van der Waals surface area contributed by atoms with Gasteiger partial charge in [-0.05, 0) is 131 Å². The Hall–Kier alpha value is -8.26. The second-order valence-corrected chi connectivity index (χ2v) is 19.0. The number of ether oxygens (including phenoxy) is 2. The van der Waals surface area contributed by atoms with Gasteiger partial charge >= 0.3 is 12.2 Å². The number of alkyl carbamates (subject to hydrolysis) is 2. The van der Waals surface area contributed by atoms with Crippen molar-refractivity contribution in [3.63, 3.8) is 0 Å². The molecule has 4 heterocycles. The highest BCUT2D eigenvalue weighted by molar-refractivity contribution is 5.89. The molecule has 2 fully saturated rings. The molecule has 4 unspecified atom stereocenters. The minimum Gasteiger partial charge on any atom is -0.453 e. The quantitative estimate of drug-likeness (QED) is 0.105. The van der Waals surface area contributed by atoms with Crippen molar-refractivity contribution >= 4 is 46.1 Å². The van der Waals surface area contributed by atoms with Crippen molar-refractivity contribution in [3.05, 3.63) is 178 Å². The van der Waals surface area contributed by atoms with Crippen LogP contribution in [0.15, 0.2) is 133 Å². The Kier molecular flexibility index (Phi) is 12.7. The second kappa shape index (κ2) is 19.9. The standard InChI is InChI=1S/C58H56N8O6/c1-71-57(69)63-51(39-11-5-3-6-12-39)55(67)65-29-9-15-49(65)53-59-45-27-25-41(33-47(45)61-53)43-31-35-17-21-37(43)23-19-36-18-22-38(24-20-35)44(32-36)42-26-28-46-48(34-42)62-54(60-46)50-16-10-30-66(50)56(68)52(64-58(70)72-2)40-13-7-4-8-14-40/h3-8,11-14,17-18,21-22,25-28,31-34,49-52H,9-10,15-16,19-20,23-24,29-30H2,1-2H3,(H,59,61)(H,60,62)(H,63,69)(H,64,70). The van der Waals surface area contributed by atoms with Gasteiger partial charge < -0.3 is 39.9 Å². The van der Waals surface area contributed by atoms with Crippen molar-refractivity contribution in [2.45, 2.75) is 75.5 Å². The first-order valence-corrected chi connectivity index (χ1v) is 24.8. The summed E-state index contributed by atoms with van der Waals surface area (Å²) in [6.07, 6.45) is 5.23. The van der Waals surface area contributed by atoms with Gasteiger partial charge in [-0.1, -0.05) is 109 Å². The SMILES string of the molecule is COC(=O)NC(C(=O)N1CCCC1c1nc2ccc(-c3cc4ccc3CCc3ccc(c(-c5ccc6nc(C7CCCN7C(=O)C(NC(=O)OC)c7ccccc7)[nH]c6c5)c3)CC4)cc2[nH]1)c1ccccc1. The maximum absolute atomic E-state index is 14.2. The summed E-state index contributed by atoms with van der Waals surface area (Å²) in [5.74, 6) is 1.06. The number of aryl methyl sites for hydroxylation is 4. The van der Waals surface area contributed by atoms with E-state index in [1.807, 2.05) is 70.5 Å². The Balaban J connectivity index is 0.823. The molecule has 4 atom stereocenters. The molecule has 8 aromatic rings. The van der Waals surface area contributed by atoms with Crippen molar-refractivity contribution < 1.29 is 28.7 Å². The molecule has 4 amide bonds. The lowest BCUT2D eigenvalue weighted by Crippen LogP contribution is -2.42. The summed E-state index contributed by atoms with van der Waals surface area (Å²) in [4.78, 5) is 74.0. The van der Waals surface area contributed by atoms with Gasteiger partial charge in [-0.3, -0.25) is 9.59 Å². The van der Waals surface area contributed by atoms with Gasteiger partial charge in [-0.25, -0.2) is 19.6 Å². The van der Waals surface area contributed by atoms with Crippen LogP contribution in [0.3, 0.4) is 0 Å². The molecule has 0 spiro atoms. The summed E-state index contributed by atoms with van der Waals surface area (Å²) in [5, 5.41) is 5.51. The number of hydrogen-bond acceptors (Lipinski definition) is 8. The number of likely N-dealkylation sites (tertiary alicyclic amines) is 2. The molecular formula is C58H56N8O6. The average molecular weight is 961 g/mol. The number of amides is 4. The zero-order valence-electron chi connectivity index (χ0n) is 40.3. The molecule has 14 nitrogen and oxygen atoms in total. The van der Waals surface area contributed by atoms with Crippen molar-refractivity contribution in [3.8, 4) is 22.3 Å². The lowest BCUT2D eigenvalue weighted by atomic mass is 9.87. The number of aromatic nitrogens is 4. The highest BCUT2D eigenvalue weighted by Crippen LogP contribution is 2.38. The van der Waals surface area contributed by atoms with E-state index in [1.165, 1.54) is 47.6 Å². The van der Waals surface area contributed by atoms with Crippen molar-refractivity contribution in [2.75, 3.05) is 27.3 Å². The van der Waals surface area contributed by atoms with Gasteiger partial charge in [0.05, 0.1) is 48.4 Å². The zero-order valence-corrected chi connectivity index (χ0v) is 40.3. The van der Waals surface area contributed by atoms with Crippen LogP contribution >= 0.6 is 0 Å². The molecule has 4 N–H and O–H groups in total. The Morgan fingerprint density at radius 1 is 0.542 bits per heavy atom. The first kappa shape index (κ1) is 46.1. The van der Waals surface area contributed by atoms with Gasteiger partial charge in [0.1, 0.15) is 23.7 Å². The van der Waals surface area contributed by atoms with E-state index in [1.54, 1.807) is 0 Å². The van der Waals surface area contributed by atoms with E-state index in [-0.39, 0.29) is 23.9 Å². The minimum absolute atomic E-state index is 0.201. The highest BCUT2D eigenvalue weighted by Gasteiger charge is 2.39. The summed E-state index contributed by atoms with van der Waals surface area (Å²) in [6, 6.07) is 42.8. The maximum atomic E-state index is 14.2. The Morgan fingerprint density at radius 2 is 0.972 bits per heavy atom. The van der Waals surface area contributed by atoms with Crippen molar-refractivity contribution in [1.29, 1.82) is 0 Å². The number of carbonyl (C=O) groups is 4. The third kappa shape index (κ3) is 9.15. The van der Waals surface area contributed by atoms with Crippen LogP contribution in [-0.2, 0) is 44.7 Å². The van der Waals surface area contributed by atoms with E-state index >= 15 is 0 Å². The van der Waals surface area contributed by atoms with Gasteiger partial charge in [-0.2, -0.15) is 0 Å². The van der Waals surface area contributed by atoms with Crippen LogP contribution in [0.4, 0.5) is 9.59 Å². The third-order valence-electron chi connectivity index (χ3n) is 14.7. The van der Waals surface area contributed by atoms with Crippen molar-refractivity contribution in [2.24, 2.45) is 0 Å². The van der Waals surface area contributed by atoms with E-state index in [0.29, 0.717) is 24.2 Å². The number of nitrogens with one attached hydrogen (secondary N) is 4. The zero-order chi connectivity index (χ0) is 49.3. The van der Waals surface area contributed by atoms with Gasteiger partial charge in [-0.15, -0.1) is 0 Å². The Bertz CT molecular complexity index is 3110. The molecule has 2 aliphatic heterocycles. The number of aromatic amines is 2. The smallest absolute Gasteiger partial charge is 0.407 e. The van der Waals surface area contributed by atoms with Crippen LogP contribution in [0.2, 0.25) is 0 Å². The normalized spacial score (nSPS) is 17.4. The molecule has 364 valence electrons. The molecule has 72 heavy (non-hydrogen) atoms. The van der Waals surface area contributed by atoms with Crippen LogP contribution in [0.5, 0.6) is 0 Å². The van der Waals surface area contributed by atoms with Crippen LogP contribution < -0.4 is 10.6 Å². The number of carbonyl (C=O) groups excluding carboxylic acids is 4. The van der Waals surface area contributed by atoms with Gasteiger partial charge in [0, 0.05) is 13.1 Å². The fourth-order valence-electron chi connectivity index (χ4n) is 11.0. The number of fused-ring (bicyclic) bond motifs is 2. The number of nitrogens with zero attached hydrogens (tertiary/aromatic N) is 4. The molecular weight excluding hydrogens is 905 g/mol. The van der Waals surface area contributed by atoms with Crippen LogP contribution in [0, 0.1) is 0 Å². The van der Waals surface area contributed by atoms with Crippen LogP contribution in [-0.4, -0.2) is 81.0 Å². The average Bonchev–Trinajstić information content (AvgIpc) is 4.26. The monoisotopic (exact) mass is 960 g/mol. The molecule has 4 bridgehead atoms. The fraction of sp³-hybridized carbons (Fsp3) is 0.276. The van der Waals surface area contributed by atoms with E-state index < -0.39 is 24.3 Å². The van der Waals surface area contributed by atoms with E-state index in [2.05, 4.69) is 93.4 Å². The predicted octanol–water partition coefficient (Wildman–Crippen LogP) is 10.2. The topological polar surface area (TPSA) is 175 Å². The number of benzene rings is 6. The van der Waals surface area contributed by atoms with Crippen LogP contribution in [0.25, 0.3) is 44.3 Å². The predicted molar refractivity (Wildman–Crippen MR) is 275 cm³/mol. The van der Waals surface area contributed by atoms with Crippen LogP contribution in [0.1, 0.15) is 94.9 Å². The molecule has 2 aromatic heterocycles. The summed E-state index contributed by atoms with van der Waals surface area (Å²) < 4.78 is 9.79. The summed E-state index contributed by atoms with van der Waals surface area (Å²) >= 11 is 0. The number of methoxy groups -OCH3 is 2. The van der Waals surface area contributed by atoms with Gasteiger partial charge in [0.2, 0.25) is 0 Å². The summed E-state index contributed by atoms with van der Waals surface area (Å²) in [6.45, 7) is 1.11. The largest absolute Gasteiger partial charge is 0.453 e. The third-order valence-corrected chi connectivity index (χ3v) is 14.7. The molecule has 0 radical (unpaired) electrons. The Morgan fingerprint density at radius 3 is 1.39 bits per heavy atom. The molecule has 6 aliphatic rings. The number of hydrogen-bond donors (Lipinski definition) is 4. The van der Waals surface area contributed by atoms with E-state index in [4.69, 9.17) is 19.4 Å². The molecule has 14 rings (SSSR count). The van der Waals surface area contributed by atoms with E-state index in [0.717, 1.165) is 96.2 Å². The minimum atomic E-state index is -0.888. The Labute approximate surface area is 417 Å². The first-order valence-electron chi connectivity index (χ1n) is 24.8. The maximum Gasteiger partial charge on any atom is 0.407 e. The van der Waals surface area contributed by atoms with Gasteiger partial charge in [0.15, 0.2) is 0 Å². The molecule has 0 saturated carbocycles. The first-order chi connectivity index (χ1) is 35.2. The van der Waals surface area contributed by atoms with Gasteiger partial charge in [0.25, 0.3) is 11.8 Å². The van der Waals surface area contributed by atoms with E-state index in [9.17, 15) is 19.2 Å². The lowest BCUT2D eigenvalue weighted by molar-refractivity contribution is -0.135. The molecule has 4 aliphatic carbocycles. The van der Waals surface area contributed by atoms with Crippen molar-refractivity contribution in [1.82, 2.24) is 40.4 Å². The number of H-pyrrole nitrogens is 2. The fourth-order valence-corrected chi connectivity index (χ4v) is 11.0. The summed E-state index contributed by atoms with van der Waals surface area (Å²) in [7, 11) is 2.59. The molecule has 14 heteroatoms. The molecule has 6 aromatic carbocycles. The lowest BCUT2D eigenvalue weighted by Gasteiger charge is -2.28. The highest BCUT2D eigenvalue weighted by atomic mass is 16.5. The number of imidazole rings is 2. The summed E-state index contributed by atoms with van der Waals surface area (Å²) in [5.41, 5.74) is 14.5.